The molecule has 0 amide bonds. The molecule has 1 aliphatic rings. The number of hydrogen-bond acceptors (Lipinski definition) is 0. The van der Waals surface area contributed by atoms with Crippen LogP contribution in [0.1, 0.15) is 13.8 Å². The standard InChI is InChI=1S/C6H11I2Te/c1-3-5(7)6(8)4(2)9-3/h3-7H,1-2H3/q+1. The Hall–Kier alpha value is 2.25. The first-order valence-electron chi connectivity index (χ1n) is 3.08. The average molecular weight is 465 g/mol. The van der Waals surface area contributed by atoms with Crippen LogP contribution in [0.4, 0.5) is 0 Å². The van der Waals surface area contributed by atoms with Crippen LogP contribution in [0, 0.1) is 0 Å². The Labute approximate surface area is 94.3 Å². The van der Waals surface area contributed by atoms with Gasteiger partial charge in [0.1, 0.15) is 0 Å². The van der Waals surface area contributed by atoms with Gasteiger partial charge in [0, 0.05) is 0 Å². The van der Waals surface area contributed by atoms with E-state index >= 15 is 0 Å². The van der Waals surface area contributed by atoms with Gasteiger partial charge in [-0.3, -0.25) is 0 Å². The SMILES string of the molecule is CC1[Te]C(C)C([IH+])C1I. The van der Waals surface area contributed by atoms with Crippen LogP contribution >= 0.6 is 22.6 Å². The topological polar surface area (TPSA) is 0 Å². The molecule has 1 fully saturated rings. The van der Waals surface area contributed by atoms with Gasteiger partial charge in [-0.2, -0.15) is 0 Å². The zero-order chi connectivity index (χ0) is 7.02. The molecule has 1 heterocycles. The van der Waals surface area contributed by atoms with E-state index in [2.05, 4.69) is 59.0 Å². The van der Waals surface area contributed by atoms with Crippen LogP contribution in [0.25, 0.3) is 0 Å². The monoisotopic (exact) mass is 467 g/mol. The maximum absolute atomic E-state index is 2.63. The summed E-state index contributed by atoms with van der Waals surface area (Å²) in [5.41, 5.74) is 0. The predicted octanol–water partition coefficient (Wildman–Crippen LogP) is -1.22. The van der Waals surface area contributed by atoms with Crippen molar-refractivity contribution in [1.82, 2.24) is 0 Å². The zero-order valence-electron chi connectivity index (χ0n) is 5.50. The van der Waals surface area contributed by atoms with Gasteiger partial charge in [-0.1, -0.05) is 0 Å². The molecule has 54 valence electrons. The summed E-state index contributed by atoms with van der Waals surface area (Å²) in [5.74, 6) is 0. The number of halogens is 2. The molecule has 0 aromatic heterocycles. The minimum atomic E-state index is 0.366. The number of alkyl halides is 2. The first-order chi connectivity index (χ1) is 4.13. The Balaban J connectivity index is 2.54. The van der Waals surface area contributed by atoms with E-state index in [0.29, 0.717) is 20.9 Å². The molecule has 0 N–H and O–H groups in total. The van der Waals surface area contributed by atoms with Crippen LogP contribution in [-0.2, 0) is 0 Å². The summed E-state index contributed by atoms with van der Waals surface area (Å²) >= 11 is 5.34. The number of rotatable bonds is 0. The molecule has 1 rings (SSSR count). The van der Waals surface area contributed by atoms with Crippen molar-refractivity contribution in [3.8, 4) is 0 Å². The molecule has 3 heteroatoms. The minimum absolute atomic E-state index is 0.366. The Kier molecular flexibility index (Phi) is 3.91. The summed E-state index contributed by atoms with van der Waals surface area (Å²) in [6, 6.07) is 0. The van der Waals surface area contributed by atoms with Crippen molar-refractivity contribution < 1.29 is 22.6 Å². The van der Waals surface area contributed by atoms with E-state index in [4.69, 9.17) is 0 Å². The first kappa shape index (κ1) is 9.34. The third kappa shape index (κ3) is 2.09. The molecule has 1 saturated heterocycles. The first-order valence-corrected chi connectivity index (χ1v) is 8.36. The van der Waals surface area contributed by atoms with Gasteiger partial charge < -0.3 is 0 Å². The number of hydrogen-bond donors (Lipinski definition) is 0. The maximum atomic E-state index is 2.63. The third-order valence-corrected chi connectivity index (χ3v) is 14.3. The molecule has 0 saturated carbocycles. The molecular weight excluding hydrogens is 453 g/mol. The van der Waals surface area contributed by atoms with Crippen molar-refractivity contribution in [1.29, 1.82) is 0 Å². The van der Waals surface area contributed by atoms with E-state index in [0.717, 1.165) is 15.8 Å². The van der Waals surface area contributed by atoms with Gasteiger partial charge >= 0.3 is 95.7 Å². The van der Waals surface area contributed by atoms with Crippen molar-refractivity contribution in [2.75, 3.05) is 0 Å². The summed E-state index contributed by atoms with van der Waals surface area (Å²) in [6.07, 6.45) is 0. The van der Waals surface area contributed by atoms with Gasteiger partial charge in [-0.05, 0) is 0 Å². The summed E-state index contributed by atoms with van der Waals surface area (Å²) in [7, 11) is 0. The van der Waals surface area contributed by atoms with E-state index in [1.165, 1.54) is 0 Å². The summed E-state index contributed by atoms with van der Waals surface area (Å²) in [6.45, 7) is 4.87. The van der Waals surface area contributed by atoms with Crippen molar-refractivity contribution >= 4 is 43.5 Å². The van der Waals surface area contributed by atoms with Crippen molar-refractivity contribution in [2.24, 2.45) is 0 Å². The molecule has 0 nitrogen and oxygen atoms in total. The van der Waals surface area contributed by atoms with Crippen molar-refractivity contribution in [3.63, 3.8) is 0 Å². The molecule has 0 aromatic carbocycles. The van der Waals surface area contributed by atoms with Crippen LogP contribution < -0.4 is 22.6 Å². The molecule has 0 bridgehead atoms. The summed E-state index contributed by atoms with van der Waals surface area (Å²) < 4.78 is 4.18. The Morgan fingerprint density at radius 2 is 1.89 bits per heavy atom. The molecule has 0 spiro atoms. The molecule has 9 heavy (non-hydrogen) atoms. The normalized spacial score (nSPS) is 52.0. The summed E-state index contributed by atoms with van der Waals surface area (Å²) in [4.78, 5) is 0. The quantitative estimate of drug-likeness (QED) is 0.240. The van der Waals surface area contributed by atoms with Crippen LogP contribution in [0.15, 0.2) is 0 Å². The van der Waals surface area contributed by atoms with Gasteiger partial charge in [0.15, 0.2) is 0 Å². The zero-order valence-corrected chi connectivity index (χ0v) is 12.3. The molecule has 0 aromatic rings. The van der Waals surface area contributed by atoms with Gasteiger partial charge in [0.25, 0.3) is 0 Å². The van der Waals surface area contributed by atoms with E-state index in [1.54, 1.807) is 0 Å². The third-order valence-electron chi connectivity index (χ3n) is 1.65. The Morgan fingerprint density at radius 3 is 2.00 bits per heavy atom. The van der Waals surface area contributed by atoms with Gasteiger partial charge in [-0.25, -0.2) is 0 Å². The van der Waals surface area contributed by atoms with E-state index in [-0.39, 0.29) is 0 Å². The van der Waals surface area contributed by atoms with Crippen LogP contribution in [-0.4, -0.2) is 28.8 Å². The molecule has 4 unspecified atom stereocenters. The van der Waals surface area contributed by atoms with Gasteiger partial charge in [0.05, 0.1) is 0 Å². The average Bonchev–Trinajstić information content (AvgIpc) is 1.98. The van der Waals surface area contributed by atoms with E-state index in [1.807, 2.05) is 0 Å². The van der Waals surface area contributed by atoms with E-state index in [9.17, 15) is 0 Å². The molecule has 4 atom stereocenters. The molecule has 0 radical (unpaired) electrons. The summed E-state index contributed by atoms with van der Waals surface area (Å²) in [5, 5.41) is 0. The second-order valence-corrected chi connectivity index (χ2v) is 10.5. The van der Waals surface area contributed by atoms with Gasteiger partial charge in [-0.15, -0.1) is 0 Å². The van der Waals surface area contributed by atoms with Crippen LogP contribution in [0.5, 0.6) is 0 Å². The second-order valence-electron chi connectivity index (χ2n) is 2.46. The van der Waals surface area contributed by atoms with Gasteiger partial charge in [0.2, 0.25) is 0 Å². The molecule has 1 aliphatic heterocycles. The fourth-order valence-corrected chi connectivity index (χ4v) is 10.3. The van der Waals surface area contributed by atoms with Crippen molar-refractivity contribution in [2.45, 2.75) is 29.6 Å². The van der Waals surface area contributed by atoms with E-state index < -0.39 is 0 Å². The Bertz CT molecular complexity index is 95.2. The predicted molar refractivity (Wildman–Crippen MR) is 47.6 cm³/mol. The fourth-order valence-electron chi connectivity index (χ4n) is 1.02. The Morgan fingerprint density at radius 1 is 1.33 bits per heavy atom. The fraction of sp³-hybridized carbons (Fsp3) is 1.00. The van der Waals surface area contributed by atoms with Crippen LogP contribution in [0.3, 0.4) is 0 Å². The second kappa shape index (κ2) is 3.77. The molecule has 0 aliphatic carbocycles. The van der Waals surface area contributed by atoms with Crippen molar-refractivity contribution in [3.05, 3.63) is 0 Å². The van der Waals surface area contributed by atoms with Crippen LogP contribution in [0.2, 0.25) is 7.93 Å². The molecular formula is C6H11I2Te+.